The highest BCUT2D eigenvalue weighted by Crippen LogP contribution is 2.29. The van der Waals surface area contributed by atoms with Gasteiger partial charge in [0.05, 0.1) is 6.04 Å². The molecule has 6 atom stereocenters. The highest BCUT2D eigenvalue weighted by molar-refractivity contribution is 5.95. The van der Waals surface area contributed by atoms with Crippen molar-refractivity contribution in [2.24, 2.45) is 17.8 Å². The fraction of sp³-hybridized carbons (Fsp3) is 0.585. The summed E-state index contributed by atoms with van der Waals surface area (Å²) in [5.41, 5.74) is -0.287. The second-order valence-electron chi connectivity index (χ2n) is 14.8. The Hall–Kier alpha value is -4.73. The molecule has 16 heteroatoms. The lowest BCUT2D eigenvalue weighted by molar-refractivity contribution is -0.131. The molecule has 0 heterocycles. The van der Waals surface area contributed by atoms with Crippen molar-refractivity contribution in [1.29, 1.82) is 0 Å². The van der Waals surface area contributed by atoms with Crippen LogP contribution in [0.25, 0.3) is 0 Å². The summed E-state index contributed by atoms with van der Waals surface area (Å²) in [6.45, 7) is 17.8. The predicted octanol–water partition coefficient (Wildman–Crippen LogP) is 5.02. The summed E-state index contributed by atoms with van der Waals surface area (Å²) in [6, 6.07) is 7.37. The first kappa shape index (κ1) is 50.3. The monoisotopic (exact) mass is 810 g/mol. The lowest BCUT2D eigenvalue weighted by atomic mass is 10.0. The first-order valence-corrected chi connectivity index (χ1v) is 19.6. The van der Waals surface area contributed by atoms with Crippen molar-refractivity contribution in [1.82, 2.24) is 31.9 Å². The van der Waals surface area contributed by atoms with Crippen molar-refractivity contribution in [2.45, 2.75) is 125 Å². The Morgan fingerprint density at radius 1 is 0.754 bits per heavy atom. The van der Waals surface area contributed by atoms with Crippen molar-refractivity contribution in [3.05, 3.63) is 64.7 Å². The van der Waals surface area contributed by atoms with E-state index in [1.54, 1.807) is 13.8 Å². The number of hydrogen-bond donors (Lipinski definition) is 7. The number of amides is 5. The van der Waals surface area contributed by atoms with Gasteiger partial charge in [-0.15, -0.1) is 0 Å². The smallest absolute Gasteiger partial charge is 0.257 e. The number of hydrogen-bond acceptors (Lipinski definition) is 7. The van der Waals surface area contributed by atoms with E-state index < -0.39 is 64.7 Å². The maximum Gasteiger partial charge on any atom is 0.257 e. The molecular formula is C41H62F4N6O6. The Morgan fingerprint density at radius 2 is 1.33 bits per heavy atom. The third kappa shape index (κ3) is 16.3. The number of halogens is 4. The molecule has 0 fully saturated rings. The number of likely N-dealkylation sites (N-methyl/N-ethyl adjacent to an activating group) is 1. The zero-order valence-electron chi connectivity index (χ0n) is 34.5. The van der Waals surface area contributed by atoms with Gasteiger partial charge in [0, 0.05) is 25.2 Å². The molecule has 2 aromatic rings. The van der Waals surface area contributed by atoms with Gasteiger partial charge in [-0.2, -0.15) is 8.78 Å². The number of aromatic hydroxyl groups is 1. The van der Waals surface area contributed by atoms with Gasteiger partial charge in [0.15, 0.2) is 17.4 Å². The third-order valence-corrected chi connectivity index (χ3v) is 9.51. The van der Waals surface area contributed by atoms with E-state index in [0.717, 1.165) is 5.56 Å². The Morgan fingerprint density at radius 3 is 1.82 bits per heavy atom. The normalized spacial score (nSPS) is 14.2. The van der Waals surface area contributed by atoms with Crippen LogP contribution in [0.3, 0.4) is 0 Å². The minimum atomic E-state index is -2.00. The largest absolute Gasteiger partial charge is 0.503 e. The van der Waals surface area contributed by atoms with Gasteiger partial charge in [-0.1, -0.05) is 85.2 Å². The molecule has 320 valence electrons. The molecule has 0 aliphatic rings. The van der Waals surface area contributed by atoms with E-state index in [1.807, 2.05) is 65.0 Å². The molecule has 0 bridgehead atoms. The first-order chi connectivity index (χ1) is 26.8. The second kappa shape index (κ2) is 25.5. The SMILES string of the molecule is CCNC(=O)C(NC(=O)[C@H](CC)NCC(CC(C)C)NC(=O)[C@H](CCc1ccccc1)NC=O)C(C)C.CC[C@H](C)C(C)NC(=O)c1c(F)c(F)c(O)c(F)c1F. The molecule has 5 amide bonds. The van der Waals surface area contributed by atoms with Gasteiger partial charge in [0.1, 0.15) is 17.6 Å². The molecule has 0 aliphatic carbocycles. The van der Waals surface area contributed by atoms with Gasteiger partial charge in [-0.3, -0.25) is 24.0 Å². The molecular weight excluding hydrogens is 748 g/mol. The lowest BCUT2D eigenvalue weighted by Crippen LogP contribution is -2.56. The fourth-order valence-electron chi connectivity index (χ4n) is 5.77. The first-order valence-electron chi connectivity index (χ1n) is 19.6. The summed E-state index contributed by atoms with van der Waals surface area (Å²) in [7, 11) is 0. The van der Waals surface area contributed by atoms with Crippen LogP contribution in [-0.4, -0.2) is 78.4 Å². The van der Waals surface area contributed by atoms with Crippen LogP contribution in [0, 0.1) is 41.0 Å². The molecule has 7 N–H and O–H groups in total. The van der Waals surface area contributed by atoms with Crippen LogP contribution in [0.4, 0.5) is 17.6 Å². The maximum absolute atomic E-state index is 13.5. The molecule has 2 aromatic carbocycles. The van der Waals surface area contributed by atoms with E-state index in [1.165, 1.54) is 0 Å². The summed E-state index contributed by atoms with van der Waals surface area (Å²) < 4.78 is 53.3. The van der Waals surface area contributed by atoms with E-state index in [-0.39, 0.29) is 35.6 Å². The van der Waals surface area contributed by atoms with Gasteiger partial charge in [0.25, 0.3) is 5.91 Å². The molecule has 12 nitrogen and oxygen atoms in total. The predicted molar refractivity (Wildman–Crippen MR) is 211 cm³/mol. The average molecular weight is 811 g/mol. The van der Waals surface area contributed by atoms with Crippen molar-refractivity contribution in [2.75, 3.05) is 13.1 Å². The van der Waals surface area contributed by atoms with Crippen molar-refractivity contribution in [3.63, 3.8) is 0 Å². The molecule has 57 heavy (non-hydrogen) atoms. The van der Waals surface area contributed by atoms with Crippen molar-refractivity contribution < 1.29 is 46.6 Å². The van der Waals surface area contributed by atoms with E-state index in [4.69, 9.17) is 5.11 Å². The van der Waals surface area contributed by atoms with Crippen molar-refractivity contribution >= 4 is 30.0 Å². The number of rotatable bonds is 22. The average Bonchev–Trinajstić information content (AvgIpc) is 3.17. The van der Waals surface area contributed by atoms with Gasteiger partial charge in [-0.05, 0) is 62.8 Å². The standard InChI is InChI=1S/C28H47N5O4.C13H15F4NO2/c1-7-23(26(35)33-25(20(5)6)28(37)29-8-2)30-17-22(16-19(3)4)32-27(36)24(31-18-34)15-14-21-12-10-9-11-13-21;1-4-5(2)6(3)18-13(20)7-8(14)10(16)12(19)11(17)9(7)15/h9-13,18-20,22-25,30H,7-8,14-17H2,1-6H3,(H,29,37)(H,31,34)(H,32,36)(H,33,35);5-6,19H,4H2,1-3H3,(H,18,20)/t22?,23-,24-,25?;5-,6?/m00/s1. The zero-order chi connectivity index (χ0) is 43.4. The number of benzene rings is 2. The number of carbonyl (C=O) groups excluding carboxylic acids is 5. The van der Waals surface area contributed by atoms with Crippen LogP contribution in [-0.2, 0) is 25.6 Å². The maximum atomic E-state index is 13.5. The fourth-order valence-corrected chi connectivity index (χ4v) is 5.77. The lowest BCUT2D eigenvalue weighted by Gasteiger charge is -2.28. The minimum Gasteiger partial charge on any atom is -0.503 e. The highest BCUT2D eigenvalue weighted by atomic mass is 19.2. The van der Waals surface area contributed by atoms with E-state index in [9.17, 15) is 41.5 Å². The van der Waals surface area contributed by atoms with Gasteiger partial charge in [-0.25, -0.2) is 8.78 Å². The van der Waals surface area contributed by atoms with E-state index >= 15 is 0 Å². The third-order valence-electron chi connectivity index (χ3n) is 9.51. The van der Waals surface area contributed by atoms with E-state index in [0.29, 0.717) is 57.5 Å². The van der Waals surface area contributed by atoms with Crippen LogP contribution < -0.4 is 31.9 Å². The van der Waals surface area contributed by atoms with Gasteiger partial charge >= 0.3 is 0 Å². The molecule has 0 spiro atoms. The van der Waals surface area contributed by atoms with Crippen LogP contribution >= 0.6 is 0 Å². The summed E-state index contributed by atoms with van der Waals surface area (Å²) in [5, 5.41) is 25.7. The highest BCUT2D eigenvalue weighted by Gasteiger charge is 2.31. The zero-order valence-corrected chi connectivity index (χ0v) is 34.5. The molecule has 0 radical (unpaired) electrons. The molecule has 0 saturated heterocycles. The summed E-state index contributed by atoms with van der Waals surface area (Å²) in [5.74, 6) is -11.3. The topological polar surface area (TPSA) is 178 Å². The van der Waals surface area contributed by atoms with Crippen LogP contribution in [0.15, 0.2) is 30.3 Å². The van der Waals surface area contributed by atoms with Gasteiger partial charge < -0.3 is 37.0 Å². The Kier molecular flexibility index (Phi) is 22.5. The summed E-state index contributed by atoms with van der Waals surface area (Å²) in [4.78, 5) is 61.3. The summed E-state index contributed by atoms with van der Waals surface area (Å²) in [6.07, 6.45) is 3.63. The molecule has 0 saturated carbocycles. The van der Waals surface area contributed by atoms with Gasteiger partial charge in [0.2, 0.25) is 35.8 Å². The quantitative estimate of drug-likeness (QED) is 0.0496. The van der Waals surface area contributed by atoms with Crippen LogP contribution in [0.2, 0.25) is 0 Å². The Labute approximate surface area is 334 Å². The Bertz CT molecular complexity index is 1570. The van der Waals surface area contributed by atoms with Crippen molar-refractivity contribution in [3.8, 4) is 5.75 Å². The van der Waals surface area contributed by atoms with E-state index in [2.05, 4.69) is 45.7 Å². The summed E-state index contributed by atoms with van der Waals surface area (Å²) >= 11 is 0. The molecule has 3 unspecified atom stereocenters. The number of nitrogens with one attached hydrogen (secondary N) is 6. The van der Waals surface area contributed by atoms with Crippen LogP contribution in [0.1, 0.15) is 104 Å². The molecule has 0 aliphatic heterocycles. The number of aryl methyl sites for hydroxylation is 1. The number of carbonyl (C=O) groups is 5. The molecule has 2 rings (SSSR count). The molecule has 0 aromatic heterocycles. The van der Waals surface area contributed by atoms with Crippen LogP contribution in [0.5, 0.6) is 5.75 Å². The number of phenols is 1. The number of phenolic OH excluding ortho intramolecular Hbond substituents is 1. The minimum absolute atomic E-state index is 0.0110. The second-order valence-corrected chi connectivity index (χ2v) is 14.8. The Balaban J connectivity index is 0.000000681.